The Labute approximate surface area is 138 Å². The van der Waals surface area contributed by atoms with Crippen molar-refractivity contribution in [3.8, 4) is 0 Å². The number of aliphatic imine (C=N–C) groups is 1. The van der Waals surface area contributed by atoms with E-state index in [9.17, 15) is 0 Å². The molecule has 2 aromatic rings. The summed E-state index contributed by atoms with van der Waals surface area (Å²) in [6.07, 6.45) is 1.06. The van der Waals surface area contributed by atoms with Gasteiger partial charge in [0.1, 0.15) is 0 Å². The van der Waals surface area contributed by atoms with Gasteiger partial charge in [0.05, 0.1) is 6.54 Å². The molecule has 1 saturated heterocycles. The van der Waals surface area contributed by atoms with E-state index in [1.165, 1.54) is 11.1 Å². The fourth-order valence-corrected chi connectivity index (χ4v) is 3.75. The first-order chi connectivity index (χ1) is 10.3. The highest BCUT2D eigenvalue weighted by Gasteiger charge is 2.20. The summed E-state index contributed by atoms with van der Waals surface area (Å²) in [5.41, 5.74) is 2.61. The lowest BCUT2D eigenvalue weighted by molar-refractivity contribution is 0.686. The van der Waals surface area contributed by atoms with Crippen LogP contribution in [-0.2, 0) is 13.0 Å². The van der Waals surface area contributed by atoms with Crippen LogP contribution in [0, 0.1) is 0 Å². The molecule has 0 radical (unpaired) electrons. The Morgan fingerprint density at radius 3 is 2.71 bits per heavy atom. The Kier molecular flexibility index (Phi) is 4.99. The molecule has 0 amide bonds. The van der Waals surface area contributed by atoms with Crippen LogP contribution in [0.2, 0.25) is 0 Å². The molecule has 0 aromatic heterocycles. The Balaban J connectivity index is 1.55. The maximum Gasteiger partial charge on any atom is 0.157 e. The zero-order valence-corrected chi connectivity index (χ0v) is 14.0. The molecule has 1 aliphatic heterocycles. The van der Waals surface area contributed by atoms with E-state index in [1.807, 2.05) is 23.9 Å². The van der Waals surface area contributed by atoms with Crippen molar-refractivity contribution >= 4 is 32.9 Å². The minimum absolute atomic E-state index is 0.485. The molecule has 108 valence electrons. The normalized spacial score (nSPS) is 19.7. The number of nitrogens with one attached hydrogen (secondary N) is 1. The molecule has 2 aromatic carbocycles. The van der Waals surface area contributed by atoms with E-state index in [1.54, 1.807) is 0 Å². The van der Waals surface area contributed by atoms with Crippen molar-refractivity contribution in [2.24, 2.45) is 4.99 Å². The summed E-state index contributed by atoms with van der Waals surface area (Å²) in [5.74, 6) is 1.09. The van der Waals surface area contributed by atoms with Gasteiger partial charge in [-0.25, -0.2) is 0 Å². The monoisotopic (exact) mass is 360 g/mol. The van der Waals surface area contributed by atoms with Crippen LogP contribution in [0.5, 0.6) is 0 Å². The molecule has 2 nitrogen and oxygen atoms in total. The van der Waals surface area contributed by atoms with Crippen LogP contribution in [-0.4, -0.2) is 17.0 Å². The lowest BCUT2D eigenvalue weighted by Crippen LogP contribution is -2.29. The molecule has 1 heterocycles. The van der Waals surface area contributed by atoms with E-state index >= 15 is 0 Å². The molecule has 1 atom stereocenters. The fraction of sp³-hybridized carbons (Fsp3) is 0.235. The molecule has 3 rings (SSSR count). The van der Waals surface area contributed by atoms with Crippen LogP contribution in [0.1, 0.15) is 11.1 Å². The summed E-state index contributed by atoms with van der Waals surface area (Å²) in [6.45, 7) is 0.729. The number of rotatable bonds is 4. The zero-order chi connectivity index (χ0) is 14.5. The standard InChI is InChI=1S/C17H17BrN2S/c18-15-8-4-7-14(9-15)11-19-17-20-16(12-21-17)10-13-5-2-1-3-6-13/h1-9,16H,10-12H2,(H,19,20). The van der Waals surface area contributed by atoms with Gasteiger partial charge < -0.3 is 5.32 Å². The van der Waals surface area contributed by atoms with Crippen molar-refractivity contribution < 1.29 is 0 Å². The van der Waals surface area contributed by atoms with Gasteiger partial charge in [0.25, 0.3) is 0 Å². The largest absolute Gasteiger partial charge is 0.361 e. The van der Waals surface area contributed by atoms with Gasteiger partial charge in [-0.05, 0) is 29.7 Å². The van der Waals surface area contributed by atoms with Gasteiger partial charge in [0, 0.05) is 16.3 Å². The molecule has 0 spiro atoms. The highest BCUT2D eigenvalue weighted by Crippen LogP contribution is 2.18. The maximum atomic E-state index is 4.67. The summed E-state index contributed by atoms with van der Waals surface area (Å²) in [5, 5.41) is 4.59. The summed E-state index contributed by atoms with van der Waals surface area (Å²) in [6, 6.07) is 19.4. The van der Waals surface area contributed by atoms with E-state index in [2.05, 4.69) is 68.7 Å². The molecule has 21 heavy (non-hydrogen) atoms. The minimum Gasteiger partial charge on any atom is -0.361 e. The first kappa shape index (κ1) is 14.7. The van der Waals surface area contributed by atoms with Crippen molar-refractivity contribution in [2.45, 2.75) is 19.0 Å². The number of hydrogen-bond donors (Lipinski definition) is 1. The Bertz CT molecular complexity index is 628. The topological polar surface area (TPSA) is 24.4 Å². The molecule has 4 heteroatoms. The van der Waals surface area contributed by atoms with Crippen LogP contribution < -0.4 is 5.32 Å². The molecular weight excluding hydrogens is 344 g/mol. The van der Waals surface area contributed by atoms with Crippen molar-refractivity contribution in [3.05, 3.63) is 70.2 Å². The highest BCUT2D eigenvalue weighted by atomic mass is 79.9. The predicted octanol–water partition coefficient (Wildman–Crippen LogP) is 4.25. The van der Waals surface area contributed by atoms with Crippen molar-refractivity contribution in [1.29, 1.82) is 0 Å². The first-order valence-corrected chi connectivity index (χ1v) is 8.79. The number of benzene rings is 2. The van der Waals surface area contributed by atoms with Crippen LogP contribution in [0.25, 0.3) is 0 Å². The average molecular weight is 361 g/mol. The molecule has 1 aliphatic rings. The van der Waals surface area contributed by atoms with Crippen LogP contribution in [0.15, 0.2) is 64.1 Å². The van der Waals surface area contributed by atoms with E-state index in [4.69, 9.17) is 0 Å². The van der Waals surface area contributed by atoms with Crippen LogP contribution in [0.3, 0.4) is 0 Å². The minimum atomic E-state index is 0.485. The molecule has 1 fully saturated rings. The van der Waals surface area contributed by atoms with Gasteiger partial charge in [0.15, 0.2) is 5.17 Å². The van der Waals surface area contributed by atoms with Gasteiger partial charge >= 0.3 is 0 Å². The van der Waals surface area contributed by atoms with Crippen LogP contribution in [0.4, 0.5) is 0 Å². The van der Waals surface area contributed by atoms with Crippen molar-refractivity contribution in [2.75, 3.05) is 5.75 Å². The highest BCUT2D eigenvalue weighted by molar-refractivity contribution is 9.10. The SMILES string of the molecule is Brc1cccc(CN=C2NC(Cc3ccccc3)CS2)c1. The third kappa shape index (κ3) is 4.35. The van der Waals surface area contributed by atoms with Gasteiger partial charge in [-0.1, -0.05) is 70.2 Å². The van der Waals surface area contributed by atoms with Crippen LogP contribution >= 0.6 is 27.7 Å². The summed E-state index contributed by atoms with van der Waals surface area (Å²) in [7, 11) is 0. The first-order valence-electron chi connectivity index (χ1n) is 7.02. The Morgan fingerprint density at radius 1 is 1.10 bits per heavy atom. The van der Waals surface area contributed by atoms with E-state index < -0.39 is 0 Å². The van der Waals surface area contributed by atoms with Gasteiger partial charge in [-0.2, -0.15) is 0 Å². The molecule has 0 aliphatic carbocycles. The van der Waals surface area contributed by atoms with Gasteiger partial charge in [-0.3, -0.25) is 4.99 Å². The van der Waals surface area contributed by atoms with Gasteiger partial charge in [0.2, 0.25) is 0 Å². The van der Waals surface area contributed by atoms with Crippen molar-refractivity contribution in [1.82, 2.24) is 5.32 Å². The zero-order valence-electron chi connectivity index (χ0n) is 11.6. The molecular formula is C17H17BrN2S. The maximum absolute atomic E-state index is 4.67. The molecule has 1 unspecified atom stereocenters. The summed E-state index contributed by atoms with van der Waals surface area (Å²) < 4.78 is 1.11. The number of halogens is 1. The Hall–Kier alpha value is -1.26. The average Bonchev–Trinajstić information content (AvgIpc) is 2.94. The lowest BCUT2D eigenvalue weighted by Gasteiger charge is -2.09. The third-order valence-electron chi connectivity index (χ3n) is 3.37. The fourth-order valence-electron chi connectivity index (χ4n) is 2.34. The Morgan fingerprint density at radius 2 is 1.90 bits per heavy atom. The number of thioether (sulfide) groups is 1. The van der Waals surface area contributed by atoms with Gasteiger partial charge in [-0.15, -0.1) is 0 Å². The molecule has 0 saturated carbocycles. The third-order valence-corrected chi connectivity index (χ3v) is 4.95. The second-order valence-electron chi connectivity index (χ2n) is 5.09. The van der Waals surface area contributed by atoms with E-state index in [-0.39, 0.29) is 0 Å². The van der Waals surface area contributed by atoms with Crippen molar-refractivity contribution in [3.63, 3.8) is 0 Å². The lowest BCUT2D eigenvalue weighted by atomic mass is 10.1. The quantitative estimate of drug-likeness (QED) is 0.880. The summed E-state index contributed by atoms with van der Waals surface area (Å²) in [4.78, 5) is 4.67. The number of nitrogens with zero attached hydrogens (tertiary/aromatic N) is 1. The smallest absolute Gasteiger partial charge is 0.157 e. The number of amidine groups is 1. The second kappa shape index (κ2) is 7.14. The molecule has 1 N–H and O–H groups in total. The molecule has 0 bridgehead atoms. The van der Waals surface area contributed by atoms with E-state index in [0.717, 1.165) is 28.4 Å². The second-order valence-corrected chi connectivity index (χ2v) is 7.02. The number of hydrogen-bond acceptors (Lipinski definition) is 2. The van der Waals surface area contributed by atoms with E-state index in [0.29, 0.717) is 6.04 Å². The summed E-state index contributed by atoms with van der Waals surface area (Å²) >= 11 is 5.31. The predicted molar refractivity (Wildman–Crippen MR) is 94.8 cm³/mol.